The summed E-state index contributed by atoms with van der Waals surface area (Å²) in [5.74, 6) is 0. The van der Waals surface area contributed by atoms with Crippen LogP contribution in [0.2, 0.25) is 0 Å². The van der Waals surface area contributed by atoms with Crippen molar-refractivity contribution in [1.82, 2.24) is 10.2 Å². The second-order valence-electron chi connectivity index (χ2n) is 9.25. The standard InChI is InChI=1S/C21H31FN2O2/c1-19(2,3)26-18(25)24-20(4)11-12-21(24,5)17(22)16(13-20)23-14-15-9-7-6-8-10-15/h6-10,16-17,23H,11-14H2,1-5H3/t16-,17-,20-,21+/m0/s1. The molecule has 144 valence electrons. The fraction of sp³-hybridized carbons (Fsp3) is 0.667. The van der Waals surface area contributed by atoms with Gasteiger partial charge in [0.25, 0.3) is 0 Å². The highest BCUT2D eigenvalue weighted by molar-refractivity contribution is 5.71. The van der Waals surface area contributed by atoms with E-state index in [1.54, 1.807) is 4.90 Å². The van der Waals surface area contributed by atoms with Crippen molar-refractivity contribution in [3.63, 3.8) is 0 Å². The second-order valence-corrected chi connectivity index (χ2v) is 9.25. The summed E-state index contributed by atoms with van der Waals surface area (Å²) >= 11 is 0. The first kappa shape index (κ1) is 19.2. The van der Waals surface area contributed by atoms with E-state index in [1.807, 2.05) is 58.0 Å². The fourth-order valence-electron chi connectivity index (χ4n) is 4.58. The molecule has 0 saturated carbocycles. The van der Waals surface area contributed by atoms with Crippen LogP contribution in [0, 0.1) is 0 Å². The third kappa shape index (κ3) is 3.46. The van der Waals surface area contributed by atoms with Crippen molar-refractivity contribution in [2.75, 3.05) is 0 Å². The Morgan fingerprint density at radius 3 is 2.54 bits per heavy atom. The topological polar surface area (TPSA) is 41.6 Å². The van der Waals surface area contributed by atoms with Crippen LogP contribution in [0.5, 0.6) is 0 Å². The number of piperidine rings is 1. The molecule has 1 N–H and O–H groups in total. The molecule has 2 fully saturated rings. The monoisotopic (exact) mass is 362 g/mol. The molecular weight excluding hydrogens is 331 g/mol. The SMILES string of the molecule is CC(C)(C)OC(=O)N1[C@@]2(C)CC[C@]1(C)[C@@H](F)[C@@H](NCc1ccccc1)C2. The molecule has 0 radical (unpaired) electrons. The highest BCUT2D eigenvalue weighted by Gasteiger charge is 2.63. The molecule has 2 aliphatic heterocycles. The van der Waals surface area contributed by atoms with Crippen molar-refractivity contribution in [3.05, 3.63) is 35.9 Å². The van der Waals surface area contributed by atoms with Crippen molar-refractivity contribution in [3.8, 4) is 0 Å². The molecule has 26 heavy (non-hydrogen) atoms. The molecule has 2 saturated heterocycles. The number of carbonyl (C=O) groups is 1. The molecule has 2 bridgehead atoms. The van der Waals surface area contributed by atoms with Crippen LogP contribution in [-0.4, -0.2) is 39.9 Å². The fourth-order valence-corrected chi connectivity index (χ4v) is 4.58. The van der Waals surface area contributed by atoms with Crippen molar-refractivity contribution >= 4 is 6.09 Å². The van der Waals surface area contributed by atoms with E-state index in [-0.39, 0.29) is 11.6 Å². The van der Waals surface area contributed by atoms with Gasteiger partial charge in [-0.3, -0.25) is 4.90 Å². The van der Waals surface area contributed by atoms with Crippen LogP contribution in [0.25, 0.3) is 0 Å². The highest BCUT2D eigenvalue weighted by Crippen LogP contribution is 2.52. The van der Waals surface area contributed by atoms with Crippen LogP contribution < -0.4 is 5.32 Å². The molecule has 3 rings (SSSR count). The first-order valence-corrected chi connectivity index (χ1v) is 9.50. The number of nitrogens with one attached hydrogen (secondary N) is 1. The third-order valence-electron chi connectivity index (χ3n) is 5.81. The van der Waals surface area contributed by atoms with E-state index in [0.29, 0.717) is 19.4 Å². The molecule has 1 aromatic rings. The van der Waals surface area contributed by atoms with E-state index in [9.17, 15) is 4.79 Å². The Morgan fingerprint density at radius 2 is 1.92 bits per heavy atom. The van der Waals surface area contributed by atoms with Crippen molar-refractivity contribution in [2.24, 2.45) is 0 Å². The van der Waals surface area contributed by atoms with Crippen LogP contribution in [0.15, 0.2) is 30.3 Å². The van der Waals surface area contributed by atoms with Crippen LogP contribution in [0.3, 0.4) is 0 Å². The summed E-state index contributed by atoms with van der Waals surface area (Å²) in [6.45, 7) is 10.1. The predicted octanol–water partition coefficient (Wildman–Crippen LogP) is 4.43. The number of benzene rings is 1. The number of halogens is 1. The molecule has 1 aromatic carbocycles. The molecule has 0 spiro atoms. The molecule has 1 amide bonds. The van der Waals surface area contributed by atoms with Gasteiger partial charge in [0.05, 0.1) is 5.54 Å². The summed E-state index contributed by atoms with van der Waals surface area (Å²) in [5.41, 5.74) is -0.660. The van der Waals surface area contributed by atoms with Crippen LogP contribution >= 0.6 is 0 Å². The number of hydrogen-bond donors (Lipinski definition) is 1. The minimum atomic E-state index is -1.13. The molecule has 0 aliphatic carbocycles. The van der Waals surface area contributed by atoms with Crippen LogP contribution in [0.4, 0.5) is 9.18 Å². The van der Waals surface area contributed by atoms with Gasteiger partial charge in [-0.15, -0.1) is 0 Å². The maximum Gasteiger partial charge on any atom is 0.411 e. The lowest BCUT2D eigenvalue weighted by atomic mass is 9.81. The number of hydrogen-bond acceptors (Lipinski definition) is 3. The van der Waals surface area contributed by atoms with Crippen molar-refractivity contribution in [2.45, 2.75) is 89.3 Å². The summed E-state index contributed by atoms with van der Waals surface area (Å²) in [6, 6.07) is 9.75. The van der Waals surface area contributed by atoms with Gasteiger partial charge >= 0.3 is 6.09 Å². The van der Waals surface area contributed by atoms with Gasteiger partial charge in [0.1, 0.15) is 11.8 Å². The number of ether oxygens (including phenoxy) is 1. The molecule has 4 atom stereocenters. The Labute approximate surface area is 156 Å². The minimum absolute atomic E-state index is 0.272. The van der Waals surface area contributed by atoms with Crippen molar-refractivity contribution < 1.29 is 13.9 Å². The largest absolute Gasteiger partial charge is 0.444 e. The van der Waals surface area contributed by atoms with E-state index in [1.165, 1.54) is 0 Å². The van der Waals surface area contributed by atoms with Gasteiger partial charge in [-0.25, -0.2) is 9.18 Å². The number of nitrogens with zero attached hydrogens (tertiary/aromatic N) is 1. The zero-order valence-electron chi connectivity index (χ0n) is 16.5. The molecule has 0 unspecified atom stereocenters. The van der Waals surface area contributed by atoms with Gasteiger partial charge in [0, 0.05) is 18.1 Å². The van der Waals surface area contributed by atoms with Crippen molar-refractivity contribution in [1.29, 1.82) is 0 Å². The summed E-state index contributed by atoms with van der Waals surface area (Å²) in [5, 5.41) is 3.39. The van der Waals surface area contributed by atoms with Gasteiger partial charge < -0.3 is 10.1 Å². The molecule has 4 nitrogen and oxygen atoms in total. The van der Waals surface area contributed by atoms with Gasteiger partial charge in [0.2, 0.25) is 0 Å². The Hall–Kier alpha value is -1.62. The normalized spacial score (nSPS) is 34.0. The molecule has 0 aromatic heterocycles. The maximum absolute atomic E-state index is 15.5. The number of carbonyl (C=O) groups excluding carboxylic acids is 1. The average molecular weight is 362 g/mol. The van der Waals surface area contributed by atoms with E-state index < -0.39 is 23.4 Å². The quantitative estimate of drug-likeness (QED) is 0.864. The molecular formula is C21H31FN2O2. The lowest BCUT2D eigenvalue weighted by Gasteiger charge is -2.52. The molecule has 5 heteroatoms. The summed E-state index contributed by atoms with van der Waals surface area (Å²) in [4.78, 5) is 14.5. The zero-order valence-corrected chi connectivity index (χ0v) is 16.5. The Bertz CT molecular complexity index is 660. The van der Waals surface area contributed by atoms with E-state index >= 15 is 4.39 Å². The predicted molar refractivity (Wildman–Crippen MR) is 101 cm³/mol. The zero-order chi connectivity index (χ0) is 19.2. The smallest absolute Gasteiger partial charge is 0.411 e. The molecule has 2 heterocycles. The Morgan fingerprint density at radius 1 is 1.27 bits per heavy atom. The van der Waals surface area contributed by atoms with Gasteiger partial charge in [-0.2, -0.15) is 0 Å². The first-order chi connectivity index (χ1) is 12.1. The summed E-state index contributed by atoms with van der Waals surface area (Å²) < 4.78 is 21.1. The first-order valence-electron chi connectivity index (χ1n) is 9.50. The Kier molecular flexibility index (Phi) is 4.80. The number of fused-ring (bicyclic) bond motifs is 2. The van der Waals surface area contributed by atoms with Crippen LogP contribution in [0.1, 0.15) is 59.4 Å². The second kappa shape index (κ2) is 6.52. The Balaban J connectivity index is 1.77. The van der Waals surface area contributed by atoms with Gasteiger partial charge in [-0.1, -0.05) is 30.3 Å². The lowest BCUT2D eigenvalue weighted by Crippen LogP contribution is -2.68. The number of amides is 1. The average Bonchev–Trinajstić information content (AvgIpc) is 2.77. The summed E-state index contributed by atoms with van der Waals surface area (Å²) in [6.07, 6.45) is 0.522. The highest BCUT2D eigenvalue weighted by atomic mass is 19.1. The third-order valence-corrected chi connectivity index (χ3v) is 5.81. The molecule has 2 aliphatic rings. The lowest BCUT2D eigenvalue weighted by molar-refractivity contribution is -0.0708. The van der Waals surface area contributed by atoms with E-state index in [0.717, 1.165) is 12.0 Å². The van der Waals surface area contributed by atoms with Gasteiger partial charge in [-0.05, 0) is 59.4 Å². The summed E-state index contributed by atoms with van der Waals surface area (Å²) in [7, 11) is 0. The minimum Gasteiger partial charge on any atom is -0.444 e. The van der Waals surface area contributed by atoms with Gasteiger partial charge in [0.15, 0.2) is 0 Å². The number of rotatable bonds is 3. The maximum atomic E-state index is 15.5. The van der Waals surface area contributed by atoms with E-state index in [2.05, 4.69) is 12.2 Å². The van der Waals surface area contributed by atoms with Crippen LogP contribution in [-0.2, 0) is 11.3 Å². The number of alkyl halides is 1. The van der Waals surface area contributed by atoms with E-state index in [4.69, 9.17) is 4.74 Å².